The molecule has 1 aromatic carbocycles. The van der Waals surface area contributed by atoms with Crippen LogP contribution in [0.15, 0.2) is 104 Å². The number of fused-ring (bicyclic) bond motifs is 12. The molecule has 0 radical (unpaired) electrons. The van der Waals surface area contributed by atoms with Gasteiger partial charge in [-0.05, 0) is 102 Å². The summed E-state index contributed by atoms with van der Waals surface area (Å²) < 4.78 is 11.1. The maximum atomic E-state index is 5.29. The number of H-pyrrole nitrogens is 1. The van der Waals surface area contributed by atoms with E-state index in [1.165, 1.54) is 0 Å². The van der Waals surface area contributed by atoms with E-state index in [-0.39, 0.29) is 0 Å². The van der Waals surface area contributed by atoms with E-state index in [1.807, 2.05) is 107 Å². The van der Waals surface area contributed by atoms with E-state index in [0.29, 0.717) is 32.1 Å². The molecule has 0 saturated heterocycles. The summed E-state index contributed by atoms with van der Waals surface area (Å²) in [5.41, 5.74) is 18.6. The number of aromatic nitrogens is 19. The standard InChI is InChI=1S/C56H45N19S/c1-29-25-59-31(3)41-22-34(67-73(29)41)13-18-47-65-55-37-8-6-20-57-50(37)38(28-72(55)70-47)39-15-10-33-11-16-40-51(49(33)63-39)64-46(62-40)17-12-35-24-43-52(61-26-30(2)74(43)68-35)44-27-60-32(4)42-23-36(69-75(42)44)14-19-48-66-54-53-45(9-7-21-58-53)76-56(54)71(48)5/h6-11,15-16,20-28H,12-14,17-19H2,1-5H3,(H,62,64). The van der Waals surface area contributed by atoms with Gasteiger partial charge >= 0.3 is 0 Å². The number of rotatable bonds is 11. The van der Waals surface area contributed by atoms with Crippen LogP contribution in [-0.4, -0.2) is 92.9 Å². The number of nitrogens with zero attached hydrogens (tertiary/aromatic N) is 18. The van der Waals surface area contributed by atoms with Gasteiger partial charge < -0.3 is 9.55 Å². The Morgan fingerprint density at radius 2 is 1.26 bits per heavy atom. The minimum Gasteiger partial charge on any atom is -0.342 e. The van der Waals surface area contributed by atoms with Crippen molar-refractivity contribution in [3.8, 4) is 22.6 Å². The van der Waals surface area contributed by atoms with Gasteiger partial charge in [-0.25, -0.2) is 38.0 Å². The van der Waals surface area contributed by atoms with Crippen LogP contribution in [0.4, 0.5) is 0 Å². The van der Waals surface area contributed by atoms with Gasteiger partial charge in [0.2, 0.25) is 0 Å². The number of hydrogen-bond donors (Lipinski definition) is 1. The van der Waals surface area contributed by atoms with Crippen molar-refractivity contribution in [1.29, 1.82) is 0 Å². The molecule has 0 fully saturated rings. The number of aryl methyl sites for hydroxylation is 11. The van der Waals surface area contributed by atoms with Crippen LogP contribution in [0.2, 0.25) is 0 Å². The molecule has 15 aromatic rings. The highest BCUT2D eigenvalue weighted by molar-refractivity contribution is 7.25. The molecule has 20 heteroatoms. The molecule has 0 atom stereocenters. The van der Waals surface area contributed by atoms with E-state index < -0.39 is 0 Å². The van der Waals surface area contributed by atoms with Gasteiger partial charge in [-0.3, -0.25) is 24.9 Å². The largest absolute Gasteiger partial charge is 0.342 e. The normalized spacial score (nSPS) is 12.3. The summed E-state index contributed by atoms with van der Waals surface area (Å²) in [6, 6.07) is 22.7. The molecule has 15 rings (SSSR count). The first-order valence-corrected chi connectivity index (χ1v) is 26.1. The van der Waals surface area contributed by atoms with Crippen LogP contribution in [0.3, 0.4) is 0 Å². The van der Waals surface area contributed by atoms with Gasteiger partial charge in [0.15, 0.2) is 11.5 Å². The summed E-state index contributed by atoms with van der Waals surface area (Å²) in [6.45, 7) is 8.06. The fourth-order valence-corrected chi connectivity index (χ4v) is 11.8. The van der Waals surface area contributed by atoms with Gasteiger partial charge in [0.05, 0.1) is 89.5 Å². The quantitative estimate of drug-likeness (QED) is 0.128. The predicted octanol–water partition coefficient (Wildman–Crippen LogP) is 9.25. The summed E-state index contributed by atoms with van der Waals surface area (Å²) in [7, 11) is 2.08. The van der Waals surface area contributed by atoms with E-state index in [1.54, 1.807) is 11.3 Å². The molecule has 14 heterocycles. The molecule has 0 amide bonds. The molecule has 0 aliphatic heterocycles. The molecule has 0 saturated carbocycles. The SMILES string of the molecule is Cc1ncc(C)n2nc(CCc3nc4c5cccnc5c(-c5ccc6ccc7[nH]c(CCc8cc9c(-c%10cnc(C)c%11cc(CCc%12nc%13c%14ncccc%14sc%13n%12C)nn%10%11)ncc(C)n9n8)nc7c6n5)cn4n3)cc12. The minimum absolute atomic E-state index is 0.628. The lowest BCUT2D eigenvalue weighted by atomic mass is 10.1. The lowest BCUT2D eigenvalue weighted by Crippen LogP contribution is -2.04. The Morgan fingerprint density at radius 1 is 0.566 bits per heavy atom. The van der Waals surface area contributed by atoms with Crippen molar-refractivity contribution in [2.45, 2.75) is 66.2 Å². The molecular weight excluding hydrogens is 971 g/mol. The second kappa shape index (κ2) is 16.8. The number of hydrogen-bond acceptors (Lipinski definition) is 14. The lowest BCUT2D eigenvalue weighted by molar-refractivity contribution is 0.767. The van der Waals surface area contributed by atoms with Crippen molar-refractivity contribution in [2.24, 2.45) is 7.05 Å². The van der Waals surface area contributed by atoms with E-state index >= 15 is 0 Å². The smallest absolute Gasteiger partial charge is 0.165 e. The summed E-state index contributed by atoms with van der Waals surface area (Å²) in [4.78, 5) is 49.0. The third kappa shape index (κ3) is 7.04. The Hall–Kier alpha value is -9.43. The maximum Gasteiger partial charge on any atom is 0.165 e. The first-order chi connectivity index (χ1) is 37.1. The highest BCUT2D eigenvalue weighted by atomic mass is 32.1. The van der Waals surface area contributed by atoms with Crippen molar-refractivity contribution in [3.63, 3.8) is 0 Å². The summed E-state index contributed by atoms with van der Waals surface area (Å²) in [5.74, 6) is 2.58. The van der Waals surface area contributed by atoms with Gasteiger partial charge in [-0.15, -0.1) is 11.3 Å². The van der Waals surface area contributed by atoms with E-state index in [2.05, 4.69) is 69.0 Å². The highest BCUT2D eigenvalue weighted by Crippen LogP contribution is 2.34. The Bertz CT molecular complexity index is 4830. The first-order valence-electron chi connectivity index (χ1n) is 25.3. The molecule has 0 bridgehead atoms. The van der Waals surface area contributed by atoms with E-state index in [9.17, 15) is 0 Å². The molecule has 14 aromatic heterocycles. The molecule has 1 N–H and O–H groups in total. The number of pyridine rings is 4. The zero-order chi connectivity index (χ0) is 50.9. The summed E-state index contributed by atoms with van der Waals surface area (Å²) >= 11 is 1.73. The number of nitrogens with one attached hydrogen (secondary N) is 1. The third-order valence-electron chi connectivity index (χ3n) is 14.6. The van der Waals surface area contributed by atoms with Gasteiger partial charge in [-0.1, -0.05) is 12.1 Å². The van der Waals surface area contributed by atoms with Crippen LogP contribution >= 0.6 is 11.3 Å². The zero-order valence-corrected chi connectivity index (χ0v) is 42.8. The van der Waals surface area contributed by atoms with Gasteiger partial charge in [0, 0.05) is 73.6 Å². The first kappa shape index (κ1) is 44.1. The number of imidazole rings is 2. The van der Waals surface area contributed by atoms with Crippen LogP contribution in [0, 0.1) is 27.7 Å². The molecule has 0 spiro atoms. The summed E-state index contributed by atoms with van der Waals surface area (Å²) in [6.07, 6.45) is 15.3. The van der Waals surface area contributed by atoms with Crippen LogP contribution < -0.4 is 0 Å². The van der Waals surface area contributed by atoms with Gasteiger partial charge in [-0.2, -0.15) is 20.4 Å². The van der Waals surface area contributed by atoms with E-state index in [4.69, 9.17) is 55.3 Å². The highest BCUT2D eigenvalue weighted by Gasteiger charge is 2.21. The molecule has 76 heavy (non-hydrogen) atoms. The Kier molecular flexibility index (Phi) is 9.75. The molecule has 19 nitrogen and oxygen atoms in total. The fourth-order valence-electron chi connectivity index (χ4n) is 10.7. The maximum absolute atomic E-state index is 5.29. The second-order valence-corrected chi connectivity index (χ2v) is 20.6. The number of benzene rings is 1. The molecule has 0 aliphatic rings. The molecule has 0 unspecified atom stereocenters. The van der Waals surface area contributed by atoms with Gasteiger partial charge in [0.1, 0.15) is 44.4 Å². The fraction of sp³-hybridized carbons (Fsp3) is 0.196. The van der Waals surface area contributed by atoms with Crippen molar-refractivity contribution >= 4 is 86.9 Å². The zero-order valence-electron chi connectivity index (χ0n) is 42.0. The molecule has 370 valence electrons. The van der Waals surface area contributed by atoms with Crippen molar-refractivity contribution < 1.29 is 0 Å². The van der Waals surface area contributed by atoms with Crippen LogP contribution in [0.5, 0.6) is 0 Å². The monoisotopic (exact) mass is 1020 g/mol. The van der Waals surface area contributed by atoms with Gasteiger partial charge in [0.25, 0.3) is 0 Å². The Balaban J connectivity index is 0.701. The second-order valence-electron chi connectivity index (χ2n) is 19.6. The van der Waals surface area contributed by atoms with Crippen molar-refractivity contribution in [2.75, 3.05) is 0 Å². The van der Waals surface area contributed by atoms with Crippen LogP contribution in [0.1, 0.15) is 57.3 Å². The third-order valence-corrected chi connectivity index (χ3v) is 15.9. The molecule has 0 aliphatic carbocycles. The number of thiophene rings is 1. The lowest BCUT2D eigenvalue weighted by Gasteiger charge is -2.08. The minimum atomic E-state index is 0.628. The van der Waals surface area contributed by atoms with E-state index in [0.717, 1.165) is 162 Å². The molecular formula is C56H45N19S. The predicted molar refractivity (Wildman–Crippen MR) is 292 cm³/mol. The van der Waals surface area contributed by atoms with Crippen molar-refractivity contribution in [1.82, 2.24) is 92.9 Å². The number of aromatic amines is 1. The summed E-state index contributed by atoms with van der Waals surface area (Å²) in [5, 5.41) is 21.9. The average molecular weight is 1020 g/mol. The van der Waals surface area contributed by atoms with Crippen LogP contribution in [-0.2, 0) is 45.6 Å². The van der Waals surface area contributed by atoms with Crippen molar-refractivity contribution in [3.05, 3.63) is 161 Å². The van der Waals surface area contributed by atoms with Crippen LogP contribution in [0.25, 0.3) is 98.2 Å². The Morgan fingerprint density at radius 3 is 2.09 bits per heavy atom. The average Bonchev–Trinajstić information content (AvgIpc) is 4.36. The topological polar surface area (TPSA) is 206 Å². The Labute approximate surface area is 435 Å².